The van der Waals surface area contributed by atoms with Crippen molar-refractivity contribution in [2.45, 2.75) is 34.6 Å². The number of carbonyl (C=O) groups excluding carboxylic acids is 3. The van der Waals surface area contributed by atoms with Crippen molar-refractivity contribution in [2.24, 2.45) is 28.6 Å². The summed E-state index contributed by atoms with van der Waals surface area (Å²) in [5, 5.41) is 3.57. The highest BCUT2D eigenvalue weighted by Gasteiger charge is 2.75. The molecule has 1 aromatic carbocycles. The number of hydrazine groups is 1. The van der Waals surface area contributed by atoms with Gasteiger partial charge in [-0.3, -0.25) is 9.59 Å². The number of anilines is 1. The number of nitrogens with zero attached hydrogens (tertiary/aromatic N) is 1. The van der Waals surface area contributed by atoms with E-state index < -0.39 is 17.9 Å². The molecule has 1 saturated heterocycles. The summed E-state index contributed by atoms with van der Waals surface area (Å²) in [6.07, 6.45) is 0. The maximum atomic E-state index is 13.2. The van der Waals surface area contributed by atoms with Gasteiger partial charge in [-0.25, -0.2) is 10.2 Å². The smallest absolute Gasteiger partial charge is 0.338 e. The Hall–Kier alpha value is -2.83. The van der Waals surface area contributed by atoms with Crippen LogP contribution < -0.4 is 15.5 Å². The van der Waals surface area contributed by atoms with Crippen LogP contribution in [0, 0.1) is 28.6 Å². The first-order chi connectivity index (χ1) is 13.6. The molecule has 4 amide bonds. The molecule has 7 heteroatoms. The molecule has 2 aliphatic carbocycles. The van der Waals surface area contributed by atoms with E-state index in [0.29, 0.717) is 11.4 Å². The maximum Gasteiger partial charge on any atom is 0.338 e. The minimum atomic E-state index is -0.631. The van der Waals surface area contributed by atoms with E-state index in [1.165, 1.54) is 11.1 Å². The van der Waals surface area contributed by atoms with Crippen LogP contribution in [-0.4, -0.2) is 30.0 Å². The normalized spacial score (nSPS) is 35.2. The SMILES string of the molecule is COc1ccc(NC(=O)NN2C(=O)[C@@H]3[C@H](C2=O)[C@]2(C)C(C)=C(C)[C@@]3(C)C2C)cc1. The van der Waals surface area contributed by atoms with Crippen molar-refractivity contribution in [3.05, 3.63) is 35.4 Å². The molecule has 1 aromatic rings. The number of urea groups is 1. The molecular weight excluding hydrogens is 370 g/mol. The molecule has 0 aromatic heterocycles. The Kier molecular flexibility index (Phi) is 4.09. The van der Waals surface area contributed by atoms with Gasteiger partial charge in [-0.1, -0.05) is 31.9 Å². The predicted octanol–water partition coefficient (Wildman–Crippen LogP) is 3.35. The Balaban J connectivity index is 1.56. The molecule has 2 N–H and O–H groups in total. The van der Waals surface area contributed by atoms with Crippen LogP contribution >= 0.6 is 0 Å². The fourth-order valence-electron chi connectivity index (χ4n) is 6.01. The number of benzene rings is 1. The van der Waals surface area contributed by atoms with Crippen LogP contribution in [0.1, 0.15) is 34.6 Å². The molecule has 1 saturated carbocycles. The van der Waals surface area contributed by atoms with E-state index in [4.69, 9.17) is 4.74 Å². The minimum absolute atomic E-state index is 0.188. The van der Waals surface area contributed by atoms with Crippen molar-refractivity contribution in [3.63, 3.8) is 0 Å². The lowest BCUT2D eigenvalue weighted by Crippen LogP contribution is -2.50. The van der Waals surface area contributed by atoms with Gasteiger partial charge in [0.2, 0.25) is 0 Å². The number of nitrogens with one attached hydrogen (secondary N) is 2. The number of hydrogen-bond donors (Lipinski definition) is 2. The zero-order valence-electron chi connectivity index (χ0n) is 17.6. The third-order valence-corrected chi connectivity index (χ3v) is 8.14. The van der Waals surface area contributed by atoms with Crippen LogP contribution in [0.15, 0.2) is 35.4 Å². The Bertz CT molecular complexity index is 909. The van der Waals surface area contributed by atoms with Crippen LogP contribution in [0.4, 0.5) is 10.5 Å². The largest absolute Gasteiger partial charge is 0.497 e. The van der Waals surface area contributed by atoms with E-state index in [1.807, 2.05) is 0 Å². The van der Waals surface area contributed by atoms with Crippen molar-refractivity contribution in [1.29, 1.82) is 0 Å². The topological polar surface area (TPSA) is 87.7 Å². The molecule has 4 rings (SSSR count). The van der Waals surface area contributed by atoms with Crippen LogP contribution in [0.25, 0.3) is 0 Å². The van der Waals surface area contributed by atoms with Gasteiger partial charge in [-0.05, 0) is 44.0 Å². The molecule has 0 radical (unpaired) electrons. The van der Waals surface area contributed by atoms with Gasteiger partial charge >= 0.3 is 6.03 Å². The molecule has 1 aliphatic heterocycles. The summed E-state index contributed by atoms with van der Waals surface area (Å²) < 4.78 is 5.09. The van der Waals surface area contributed by atoms with Gasteiger partial charge in [0, 0.05) is 16.5 Å². The number of imide groups is 1. The van der Waals surface area contributed by atoms with Crippen molar-refractivity contribution in [3.8, 4) is 5.75 Å². The zero-order chi connectivity index (χ0) is 21.3. The van der Waals surface area contributed by atoms with Crippen LogP contribution in [0.3, 0.4) is 0 Å². The number of methoxy groups -OCH3 is 1. The van der Waals surface area contributed by atoms with Gasteiger partial charge in [0.15, 0.2) is 0 Å². The molecule has 7 nitrogen and oxygen atoms in total. The Morgan fingerprint density at radius 3 is 1.93 bits per heavy atom. The first kappa shape index (κ1) is 19.5. The average Bonchev–Trinajstić information content (AvgIpc) is 3.11. The average molecular weight is 397 g/mol. The van der Waals surface area contributed by atoms with E-state index in [2.05, 4.69) is 45.4 Å². The number of allylic oxidation sites excluding steroid dienone is 2. The van der Waals surface area contributed by atoms with Crippen molar-refractivity contribution in [1.82, 2.24) is 10.4 Å². The number of rotatable bonds is 3. The Morgan fingerprint density at radius 1 is 1.00 bits per heavy atom. The van der Waals surface area contributed by atoms with Crippen LogP contribution in [-0.2, 0) is 9.59 Å². The highest BCUT2D eigenvalue weighted by atomic mass is 16.5. The van der Waals surface area contributed by atoms with Gasteiger partial charge in [0.25, 0.3) is 11.8 Å². The van der Waals surface area contributed by atoms with E-state index in [9.17, 15) is 14.4 Å². The molecule has 1 unspecified atom stereocenters. The van der Waals surface area contributed by atoms with Gasteiger partial charge in [0.1, 0.15) is 5.75 Å². The molecule has 1 heterocycles. The lowest BCUT2D eigenvalue weighted by atomic mass is 9.66. The van der Waals surface area contributed by atoms with Gasteiger partial charge in [-0.2, -0.15) is 5.01 Å². The van der Waals surface area contributed by atoms with Crippen molar-refractivity contribution >= 4 is 23.5 Å². The van der Waals surface area contributed by atoms with E-state index in [1.54, 1.807) is 31.4 Å². The van der Waals surface area contributed by atoms with Gasteiger partial charge < -0.3 is 10.1 Å². The predicted molar refractivity (Wildman–Crippen MR) is 108 cm³/mol. The number of amides is 4. The number of hydrogen-bond acceptors (Lipinski definition) is 4. The monoisotopic (exact) mass is 397 g/mol. The number of fused-ring (bicyclic) bond motifs is 5. The van der Waals surface area contributed by atoms with E-state index in [0.717, 1.165) is 5.01 Å². The summed E-state index contributed by atoms with van der Waals surface area (Å²) in [6, 6.07) is 6.16. The molecule has 2 fully saturated rings. The maximum absolute atomic E-state index is 13.2. The van der Waals surface area contributed by atoms with Crippen LogP contribution in [0.2, 0.25) is 0 Å². The summed E-state index contributed by atoms with van der Waals surface area (Å²) in [5.41, 5.74) is 4.63. The lowest BCUT2D eigenvalue weighted by molar-refractivity contribution is -0.144. The first-order valence-corrected chi connectivity index (χ1v) is 9.86. The third kappa shape index (κ3) is 2.27. The quantitative estimate of drug-likeness (QED) is 0.605. The van der Waals surface area contributed by atoms with Gasteiger partial charge in [0.05, 0.1) is 18.9 Å². The molecule has 5 atom stereocenters. The van der Waals surface area contributed by atoms with Gasteiger partial charge in [-0.15, -0.1) is 0 Å². The first-order valence-electron chi connectivity index (χ1n) is 9.86. The molecule has 154 valence electrons. The highest BCUT2D eigenvalue weighted by Crippen LogP contribution is 2.73. The Morgan fingerprint density at radius 2 is 1.48 bits per heavy atom. The number of carbonyl (C=O) groups is 3. The molecular formula is C22H27N3O4. The summed E-state index contributed by atoms with van der Waals surface area (Å²) >= 11 is 0. The fourth-order valence-corrected chi connectivity index (χ4v) is 6.01. The van der Waals surface area contributed by atoms with Crippen molar-refractivity contribution in [2.75, 3.05) is 12.4 Å². The molecule has 0 spiro atoms. The standard InChI is InChI=1S/C22H27N3O4/c1-11-12(2)22(5)13(3)21(11,4)16-17(22)19(27)25(18(16)26)24-20(28)23-14-7-9-15(29-6)10-8-14/h7-10,13,16-17H,1-6H3,(H2,23,24,28)/t13?,16-,17+,21-,22+. The second-order valence-corrected chi connectivity index (χ2v) is 8.80. The Labute approximate surface area is 170 Å². The zero-order valence-corrected chi connectivity index (χ0v) is 17.6. The molecule has 2 bridgehead atoms. The number of ether oxygens (including phenoxy) is 1. The summed E-state index contributed by atoms with van der Waals surface area (Å²) in [5.74, 6) is -0.684. The third-order valence-electron chi connectivity index (χ3n) is 8.14. The van der Waals surface area contributed by atoms with Crippen LogP contribution in [0.5, 0.6) is 5.75 Å². The minimum Gasteiger partial charge on any atom is -0.497 e. The van der Waals surface area contributed by atoms with Crippen molar-refractivity contribution < 1.29 is 19.1 Å². The second kappa shape index (κ2) is 6.08. The summed E-state index contributed by atoms with van der Waals surface area (Å²) in [6.45, 7) is 10.4. The summed E-state index contributed by atoms with van der Waals surface area (Å²) in [4.78, 5) is 38.9. The fraction of sp³-hybridized carbons (Fsp3) is 0.500. The molecule has 3 aliphatic rings. The summed E-state index contributed by atoms with van der Waals surface area (Å²) in [7, 11) is 1.56. The second-order valence-electron chi connectivity index (χ2n) is 8.80. The van der Waals surface area contributed by atoms with E-state index in [-0.39, 0.29) is 28.6 Å². The molecule has 29 heavy (non-hydrogen) atoms. The lowest BCUT2D eigenvalue weighted by Gasteiger charge is -2.34. The highest BCUT2D eigenvalue weighted by molar-refractivity contribution is 6.09. The van der Waals surface area contributed by atoms with E-state index >= 15 is 0 Å².